The van der Waals surface area contributed by atoms with Crippen LogP contribution in [0.15, 0.2) is 63.9 Å². The Bertz CT molecular complexity index is 1230. The number of pyridine rings is 1. The maximum atomic E-state index is 12.4. The molecule has 4 aromatic rings. The molecule has 0 saturated heterocycles. The van der Waals surface area contributed by atoms with Gasteiger partial charge in [0.15, 0.2) is 5.69 Å². The summed E-state index contributed by atoms with van der Waals surface area (Å²) in [6.45, 7) is 1.47. The van der Waals surface area contributed by atoms with Crippen molar-refractivity contribution < 1.29 is 13.9 Å². The maximum absolute atomic E-state index is 12.4. The standard InChI is InChI=1S/C20H14ClN3O4/c1-12-18(23-19(28-12)13-5-3-2-4-6-13)20(26)27-11-15-9-17(25)24-10-14(21)7-8-16(24)22-15/h2-10H,11H2,1H3. The van der Waals surface area contributed by atoms with E-state index in [-0.39, 0.29) is 17.9 Å². The SMILES string of the molecule is Cc1oc(-c2ccccc2)nc1C(=O)OCc1cc(=O)n2cc(Cl)ccc2n1. The number of hydrogen-bond donors (Lipinski definition) is 0. The number of nitrogens with zero attached hydrogens (tertiary/aromatic N) is 3. The normalized spacial score (nSPS) is 10.9. The molecule has 4 rings (SSSR count). The van der Waals surface area contributed by atoms with Gasteiger partial charge in [-0.2, -0.15) is 0 Å². The van der Waals surface area contributed by atoms with Gasteiger partial charge in [-0.1, -0.05) is 29.8 Å². The number of hydrogen-bond acceptors (Lipinski definition) is 6. The van der Waals surface area contributed by atoms with E-state index in [0.717, 1.165) is 5.56 Å². The number of fused-ring (bicyclic) bond motifs is 1. The lowest BCUT2D eigenvalue weighted by atomic mass is 10.2. The number of carbonyl (C=O) groups excluding carboxylic acids is 1. The predicted molar refractivity (Wildman–Crippen MR) is 102 cm³/mol. The number of esters is 1. The molecule has 140 valence electrons. The Balaban J connectivity index is 1.54. The summed E-state index contributed by atoms with van der Waals surface area (Å²) < 4.78 is 12.2. The van der Waals surface area contributed by atoms with Crippen molar-refractivity contribution >= 4 is 23.2 Å². The third kappa shape index (κ3) is 3.52. The lowest BCUT2D eigenvalue weighted by molar-refractivity contribution is 0.0459. The van der Waals surface area contributed by atoms with E-state index in [9.17, 15) is 9.59 Å². The fraction of sp³-hybridized carbons (Fsp3) is 0.100. The van der Waals surface area contributed by atoms with Gasteiger partial charge in [0.2, 0.25) is 5.89 Å². The molecule has 8 heteroatoms. The molecule has 0 aliphatic heterocycles. The summed E-state index contributed by atoms with van der Waals surface area (Å²) >= 11 is 5.89. The highest BCUT2D eigenvalue weighted by atomic mass is 35.5. The Morgan fingerprint density at radius 3 is 2.75 bits per heavy atom. The van der Waals surface area contributed by atoms with Gasteiger partial charge in [-0.15, -0.1) is 0 Å². The minimum absolute atomic E-state index is 0.0862. The average Bonchev–Trinajstić information content (AvgIpc) is 3.09. The molecule has 0 aliphatic rings. The van der Waals surface area contributed by atoms with Gasteiger partial charge >= 0.3 is 5.97 Å². The summed E-state index contributed by atoms with van der Waals surface area (Å²) in [4.78, 5) is 33.1. The Morgan fingerprint density at radius 1 is 1.18 bits per heavy atom. The average molecular weight is 396 g/mol. The number of ether oxygens (including phenoxy) is 1. The predicted octanol–water partition coefficient (Wildman–Crippen LogP) is 3.67. The van der Waals surface area contributed by atoms with Crippen LogP contribution in [-0.2, 0) is 11.3 Å². The van der Waals surface area contributed by atoms with Gasteiger partial charge in [0, 0.05) is 17.8 Å². The van der Waals surface area contributed by atoms with E-state index in [1.54, 1.807) is 19.1 Å². The van der Waals surface area contributed by atoms with Crippen LogP contribution in [0.4, 0.5) is 0 Å². The zero-order chi connectivity index (χ0) is 19.7. The van der Waals surface area contributed by atoms with Crippen molar-refractivity contribution in [2.75, 3.05) is 0 Å². The fourth-order valence-electron chi connectivity index (χ4n) is 2.70. The lowest BCUT2D eigenvalue weighted by Crippen LogP contribution is -2.16. The molecule has 0 N–H and O–H groups in total. The van der Waals surface area contributed by atoms with Crippen molar-refractivity contribution in [3.8, 4) is 11.5 Å². The van der Waals surface area contributed by atoms with Gasteiger partial charge in [0.05, 0.1) is 10.7 Å². The van der Waals surface area contributed by atoms with Crippen LogP contribution < -0.4 is 5.56 Å². The summed E-state index contributed by atoms with van der Waals surface area (Å²) in [5.41, 5.74) is 1.26. The highest BCUT2D eigenvalue weighted by molar-refractivity contribution is 6.30. The van der Waals surface area contributed by atoms with Crippen LogP contribution in [0.3, 0.4) is 0 Å². The Hall–Kier alpha value is -3.45. The minimum Gasteiger partial charge on any atom is -0.454 e. The molecule has 28 heavy (non-hydrogen) atoms. The number of benzene rings is 1. The number of carbonyl (C=O) groups is 1. The second kappa shape index (κ2) is 7.28. The smallest absolute Gasteiger partial charge is 0.361 e. The van der Waals surface area contributed by atoms with Crippen molar-refractivity contribution in [3.05, 3.63) is 87.3 Å². The Labute approximate surface area is 164 Å². The van der Waals surface area contributed by atoms with Gasteiger partial charge in [-0.05, 0) is 31.2 Å². The van der Waals surface area contributed by atoms with Crippen molar-refractivity contribution in [3.63, 3.8) is 0 Å². The van der Waals surface area contributed by atoms with Crippen LogP contribution in [0.5, 0.6) is 0 Å². The molecule has 0 spiro atoms. The zero-order valence-corrected chi connectivity index (χ0v) is 15.5. The van der Waals surface area contributed by atoms with Crippen LogP contribution in [0, 0.1) is 6.92 Å². The van der Waals surface area contributed by atoms with E-state index in [2.05, 4.69) is 9.97 Å². The summed E-state index contributed by atoms with van der Waals surface area (Å²) in [6, 6.07) is 13.8. The van der Waals surface area contributed by atoms with Crippen molar-refractivity contribution in [2.45, 2.75) is 13.5 Å². The lowest BCUT2D eigenvalue weighted by Gasteiger charge is -2.05. The third-order valence-corrected chi connectivity index (χ3v) is 4.26. The highest BCUT2D eigenvalue weighted by Crippen LogP contribution is 2.22. The molecule has 0 unspecified atom stereocenters. The van der Waals surface area contributed by atoms with Crippen molar-refractivity contribution in [1.82, 2.24) is 14.4 Å². The summed E-state index contributed by atoms with van der Waals surface area (Å²) in [7, 11) is 0. The molecule has 3 heterocycles. The molecule has 3 aromatic heterocycles. The summed E-state index contributed by atoms with van der Waals surface area (Å²) in [5, 5.41) is 0.423. The minimum atomic E-state index is -0.651. The highest BCUT2D eigenvalue weighted by Gasteiger charge is 2.20. The first-order valence-electron chi connectivity index (χ1n) is 8.39. The number of aryl methyl sites for hydroxylation is 1. The molecule has 0 atom stereocenters. The number of aromatic nitrogens is 3. The van der Waals surface area contributed by atoms with Crippen LogP contribution in [-0.4, -0.2) is 20.3 Å². The summed E-state index contributed by atoms with van der Waals surface area (Å²) in [5.74, 6) is 0.0376. The van der Waals surface area contributed by atoms with E-state index in [0.29, 0.717) is 28.0 Å². The van der Waals surface area contributed by atoms with E-state index < -0.39 is 5.97 Å². The zero-order valence-electron chi connectivity index (χ0n) is 14.8. The molecule has 0 radical (unpaired) electrons. The number of rotatable bonds is 4. The molecule has 0 aliphatic carbocycles. The van der Waals surface area contributed by atoms with Crippen LogP contribution in [0.25, 0.3) is 17.1 Å². The first-order valence-corrected chi connectivity index (χ1v) is 8.77. The largest absolute Gasteiger partial charge is 0.454 e. The quantitative estimate of drug-likeness (QED) is 0.490. The van der Waals surface area contributed by atoms with Crippen molar-refractivity contribution in [2.24, 2.45) is 0 Å². The molecular weight excluding hydrogens is 382 g/mol. The second-order valence-electron chi connectivity index (χ2n) is 6.03. The first kappa shape index (κ1) is 17.9. The van der Waals surface area contributed by atoms with E-state index in [4.69, 9.17) is 20.8 Å². The number of oxazole rings is 1. The van der Waals surface area contributed by atoms with Crippen LogP contribution in [0.1, 0.15) is 21.9 Å². The van der Waals surface area contributed by atoms with Gasteiger partial charge in [-0.3, -0.25) is 9.20 Å². The van der Waals surface area contributed by atoms with E-state index in [1.807, 2.05) is 30.3 Å². The Kier molecular flexibility index (Phi) is 4.67. The van der Waals surface area contributed by atoms with Crippen LogP contribution >= 0.6 is 11.6 Å². The van der Waals surface area contributed by atoms with Crippen molar-refractivity contribution in [1.29, 1.82) is 0 Å². The second-order valence-corrected chi connectivity index (χ2v) is 6.46. The molecule has 7 nitrogen and oxygen atoms in total. The van der Waals surface area contributed by atoms with Gasteiger partial charge < -0.3 is 9.15 Å². The topological polar surface area (TPSA) is 86.7 Å². The molecular formula is C20H14ClN3O4. The molecule has 0 amide bonds. The molecule has 1 aromatic carbocycles. The third-order valence-electron chi connectivity index (χ3n) is 4.04. The van der Waals surface area contributed by atoms with Gasteiger partial charge in [-0.25, -0.2) is 14.8 Å². The molecule has 0 fully saturated rings. The monoisotopic (exact) mass is 395 g/mol. The van der Waals surface area contributed by atoms with Crippen LogP contribution in [0.2, 0.25) is 5.02 Å². The van der Waals surface area contributed by atoms with E-state index in [1.165, 1.54) is 16.7 Å². The Morgan fingerprint density at radius 2 is 1.96 bits per heavy atom. The van der Waals surface area contributed by atoms with Gasteiger partial charge in [0.25, 0.3) is 5.56 Å². The van der Waals surface area contributed by atoms with Gasteiger partial charge in [0.1, 0.15) is 18.0 Å². The maximum Gasteiger partial charge on any atom is 0.361 e. The fourth-order valence-corrected chi connectivity index (χ4v) is 2.86. The molecule has 0 saturated carbocycles. The first-order chi connectivity index (χ1) is 13.5. The molecule has 0 bridgehead atoms. The van der Waals surface area contributed by atoms with E-state index >= 15 is 0 Å². The number of halogens is 1. The summed E-state index contributed by atoms with van der Waals surface area (Å²) in [6.07, 6.45) is 1.48.